The number of carbonyl (C=O) groups excluding carboxylic acids is 1. The summed E-state index contributed by atoms with van der Waals surface area (Å²) in [5.74, 6) is 1.21. The van der Waals surface area contributed by atoms with Gasteiger partial charge in [0, 0.05) is 32.5 Å². The van der Waals surface area contributed by atoms with Crippen molar-refractivity contribution in [3.05, 3.63) is 0 Å². The van der Waals surface area contributed by atoms with Gasteiger partial charge < -0.3 is 10.6 Å². The second-order valence-electron chi connectivity index (χ2n) is 4.17. The average Bonchev–Trinajstić information content (AvgIpc) is 2.55. The minimum absolute atomic E-state index is 0.128. The van der Waals surface area contributed by atoms with Crippen LogP contribution in [-0.2, 0) is 4.79 Å². The fourth-order valence-corrected chi connectivity index (χ4v) is 1.69. The zero-order valence-electron chi connectivity index (χ0n) is 10.2. The van der Waals surface area contributed by atoms with Crippen LogP contribution >= 0.6 is 0 Å². The fraction of sp³-hybridized carbons (Fsp3) is 0.833. The van der Waals surface area contributed by atoms with E-state index in [4.69, 9.17) is 0 Å². The summed E-state index contributed by atoms with van der Waals surface area (Å²) in [6, 6.07) is 0. The Balaban J connectivity index is 2.09. The van der Waals surface area contributed by atoms with Crippen LogP contribution in [0.3, 0.4) is 0 Å². The first-order chi connectivity index (χ1) is 7.83. The smallest absolute Gasteiger partial charge is 0.221 e. The van der Waals surface area contributed by atoms with Crippen molar-refractivity contribution in [1.82, 2.24) is 10.6 Å². The molecule has 16 heavy (non-hydrogen) atoms. The first-order valence-corrected chi connectivity index (χ1v) is 6.37. The van der Waals surface area contributed by atoms with E-state index < -0.39 is 0 Å². The van der Waals surface area contributed by atoms with Crippen molar-refractivity contribution in [2.24, 2.45) is 4.99 Å². The highest BCUT2D eigenvalue weighted by Gasteiger charge is 2.04. The molecule has 0 saturated heterocycles. The van der Waals surface area contributed by atoms with Gasteiger partial charge in [-0.2, -0.15) is 0 Å². The van der Waals surface area contributed by atoms with Crippen molar-refractivity contribution in [2.75, 3.05) is 19.6 Å². The third-order valence-corrected chi connectivity index (χ3v) is 2.63. The Morgan fingerprint density at radius 3 is 3.00 bits per heavy atom. The van der Waals surface area contributed by atoms with Gasteiger partial charge in [-0.3, -0.25) is 9.79 Å². The largest absolute Gasteiger partial charge is 0.373 e. The molecule has 0 atom stereocenters. The number of amides is 1. The number of rotatable bonds is 5. The minimum atomic E-state index is 0.128. The Morgan fingerprint density at radius 2 is 2.19 bits per heavy atom. The number of hydrogen-bond donors (Lipinski definition) is 2. The van der Waals surface area contributed by atoms with Crippen LogP contribution in [-0.4, -0.2) is 31.4 Å². The molecule has 0 saturated carbocycles. The first-order valence-electron chi connectivity index (χ1n) is 6.37. The van der Waals surface area contributed by atoms with Crippen molar-refractivity contribution in [2.45, 2.75) is 45.4 Å². The van der Waals surface area contributed by atoms with Gasteiger partial charge in [0.1, 0.15) is 0 Å². The molecule has 0 aromatic carbocycles. The van der Waals surface area contributed by atoms with Crippen LogP contribution in [0.25, 0.3) is 0 Å². The Morgan fingerprint density at radius 1 is 1.31 bits per heavy atom. The van der Waals surface area contributed by atoms with E-state index in [1.54, 1.807) is 0 Å². The maximum atomic E-state index is 11.3. The molecule has 1 rings (SSSR count). The molecule has 1 heterocycles. The van der Waals surface area contributed by atoms with E-state index in [9.17, 15) is 4.79 Å². The zero-order chi connectivity index (χ0) is 11.6. The topological polar surface area (TPSA) is 53.5 Å². The number of carbonyl (C=O) groups is 1. The van der Waals surface area contributed by atoms with Crippen LogP contribution in [0.5, 0.6) is 0 Å². The number of hydrogen-bond acceptors (Lipinski definition) is 3. The number of nitrogens with zero attached hydrogens (tertiary/aromatic N) is 1. The molecule has 0 aliphatic carbocycles. The van der Waals surface area contributed by atoms with Crippen molar-refractivity contribution < 1.29 is 4.79 Å². The maximum absolute atomic E-state index is 11.3. The van der Waals surface area contributed by atoms with Gasteiger partial charge in [0.2, 0.25) is 5.91 Å². The molecule has 0 bridgehead atoms. The number of aliphatic imine (C=N–C) groups is 1. The first kappa shape index (κ1) is 13.0. The summed E-state index contributed by atoms with van der Waals surface area (Å²) in [4.78, 5) is 15.8. The fourth-order valence-electron chi connectivity index (χ4n) is 1.69. The molecule has 1 aliphatic rings. The highest BCUT2D eigenvalue weighted by Crippen LogP contribution is 2.05. The van der Waals surface area contributed by atoms with Gasteiger partial charge in [-0.05, 0) is 19.3 Å². The molecular formula is C12H23N3O. The normalized spacial score (nSPS) is 16.2. The summed E-state index contributed by atoms with van der Waals surface area (Å²) in [7, 11) is 0. The van der Waals surface area contributed by atoms with E-state index in [0.29, 0.717) is 13.0 Å². The van der Waals surface area contributed by atoms with E-state index in [1.807, 2.05) is 0 Å². The maximum Gasteiger partial charge on any atom is 0.221 e. The van der Waals surface area contributed by atoms with Crippen LogP contribution in [0.1, 0.15) is 45.4 Å². The highest BCUT2D eigenvalue weighted by molar-refractivity contribution is 5.83. The van der Waals surface area contributed by atoms with E-state index in [-0.39, 0.29) is 5.91 Å². The Labute approximate surface area is 97.9 Å². The molecule has 92 valence electrons. The molecule has 0 fully saturated rings. The summed E-state index contributed by atoms with van der Waals surface area (Å²) in [6.45, 7) is 4.47. The Kier molecular flexibility index (Phi) is 6.61. The van der Waals surface area contributed by atoms with Crippen molar-refractivity contribution in [1.29, 1.82) is 0 Å². The van der Waals surface area contributed by atoms with Gasteiger partial charge in [0.25, 0.3) is 0 Å². The average molecular weight is 225 g/mol. The van der Waals surface area contributed by atoms with Gasteiger partial charge in [-0.15, -0.1) is 0 Å². The van der Waals surface area contributed by atoms with Gasteiger partial charge in [-0.25, -0.2) is 0 Å². The number of nitrogens with one attached hydrogen (secondary N) is 2. The Bertz CT molecular complexity index is 238. The lowest BCUT2D eigenvalue weighted by Crippen LogP contribution is -2.31. The van der Waals surface area contributed by atoms with E-state index in [2.05, 4.69) is 22.5 Å². The van der Waals surface area contributed by atoms with E-state index in [0.717, 1.165) is 31.8 Å². The summed E-state index contributed by atoms with van der Waals surface area (Å²) in [6.07, 6.45) is 6.25. The quantitative estimate of drug-likeness (QED) is 0.744. The van der Waals surface area contributed by atoms with Crippen molar-refractivity contribution in [3.63, 3.8) is 0 Å². The van der Waals surface area contributed by atoms with Gasteiger partial charge in [0.05, 0.1) is 5.84 Å². The standard InChI is InChI=1S/C12H23N3O/c1-2-8-15-12(16)7-10-14-11-6-4-3-5-9-13-11/h2-10H2,1H3,(H,13,14)(H,15,16). The van der Waals surface area contributed by atoms with E-state index in [1.165, 1.54) is 19.3 Å². The third-order valence-electron chi connectivity index (χ3n) is 2.63. The highest BCUT2D eigenvalue weighted by atomic mass is 16.1. The third kappa shape index (κ3) is 5.73. The van der Waals surface area contributed by atoms with Crippen LogP contribution < -0.4 is 10.6 Å². The number of amidine groups is 1. The molecule has 0 aromatic rings. The van der Waals surface area contributed by atoms with Crippen molar-refractivity contribution >= 4 is 11.7 Å². The molecule has 4 nitrogen and oxygen atoms in total. The monoisotopic (exact) mass is 225 g/mol. The summed E-state index contributed by atoms with van der Waals surface area (Å²) in [5.41, 5.74) is 0. The van der Waals surface area contributed by atoms with Crippen LogP contribution in [0.15, 0.2) is 4.99 Å². The SMILES string of the molecule is CCCNC(=O)CCNC1=NCCCCC1. The lowest BCUT2D eigenvalue weighted by atomic mass is 10.2. The molecule has 2 N–H and O–H groups in total. The van der Waals surface area contributed by atoms with Crippen LogP contribution in [0, 0.1) is 0 Å². The molecular weight excluding hydrogens is 202 g/mol. The summed E-state index contributed by atoms with van der Waals surface area (Å²) >= 11 is 0. The zero-order valence-corrected chi connectivity index (χ0v) is 10.2. The Hall–Kier alpha value is -1.06. The van der Waals surface area contributed by atoms with E-state index >= 15 is 0 Å². The van der Waals surface area contributed by atoms with Crippen LogP contribution in [0.2, 0.25) is 0 Å². The summed E-state index contributed by atoms with van der Waals surface area (Å²) in [5, 5.41) is 6.12. The molecule has 1 amide bonds. The van der Waals surface area contributed by atoms with Gasteiger partial charge >= 0.3 is 0 Å². The molecule has 0 unspecified atom stereocenters. The minimum Gasteiger partial charge on any atom is -0.373 e. The molecule has 1 aliphatic heterocycles. The second kappa shape index (κ2) is 8.13. The predicted molar refractivity (Wildman–Crippen MR) is 66.7 cm³/mol. The van der Waals surface area contributed by atoms with Gasteiger partial charge in [-0.1, -0.05) is 13.3 Å². The molecule has 0 aromatic heterocycles. The lowest BCUT2D eigenvalue weighted by molar-refractivity contribution is -0.120. The van der Waals surface area contributed by atoms with Gasteiger partial charge in [0.15, 0.2) is 0 Å². The molecule has 0 spiro atoms. The lowest BCUT2D eigenvalue weighted by Gasteiger charge is -2.08. The molecule has 4 heteroatoms. The predicted octanol–water partition coefficient (Wildman–Crippen LogP) is 1.46. The molecule has 0 radical (unpaired) electrons. The summed E-state index contributed by atoms with van der Waals surface area (Å²) < 4.78 is 0. The second-order valence-corrected chi connectivity index (χ2v) is 4.17. The van der Waals surface area contributed by atoms with Crippen molar-refractivity contribution in [3.8, 4) is 0 Å². The van der Waals surface area contributed by atoms with Crippen LogP contribution in [0.4, 0.5) is 0 Å².